The molecule has 8 heteroatoms. The molecular weight excluding hydrogens is 364 g/mol. The Balaban J connectivity index is 2.66. The van der Waals surface area contributed by atoms with Gasteiger partial charge in [0.15, 0.2) is 0 Å². The van der Waals surface area contributed by atoms with Crippen molar-refractivity contribution in [3.8, 4) is 0 Å². The van der Waals surface area contributed by atoms with E-state index in [1.54, 1.807) is 20.8 Å². The molecule has 0 aliphatic rings. The highest BCUT2D eigenvalue weighted by Crippen LogP contribution is 2.08. The lowest BCUT2D eigenvalue weighted by molar-refractivity contribution is -0.143. The molecule has 0 bridgehead atoms. The lowest BCUT2D eigenvalue weighted by Gasteiger charge is -2.23. The van der Waals surface area contributed by atoms with Gasteiger partial charge < -0.3 is 20.1 Å². The summed E-state index contributed by atoms with van der Waals surface area (Å²) < 4.78 is 9.65. The highest BCUT2D eigenvalue weighted by Gasteiger charge is 2.24. The maximum Gasteiger partial charge on any atom is 0.408 e. The van der Waals surface area contributed by atoms with E-state index in [2.05, 4.69) is 15.4 Å². The molecule has 0 saturated heterocycles. The quantitative estimate of drug-likeness (QED) is 0.489. The summed E-state index contributed by atoms with van der Waals surface area (Å²) >= 11 is 0. The average molecular weight is 392 g/mol. The second-order valence-electron chi connectivity index (χ2n) is 7.22. The molecule has 0 aromatic heterocycles. The van der Waals surface area contributed by atoms with Crippen molar-refractivity contribution in [3.63, 3.8) is 0 Å². The Morgan fingerprint density at radius 2 is 1.71 bits per heavy atom. The molecule has 0 spiro atoms. The summed E-state index contributed by atoms with van der Waals surface area (Å²) in [4.78, 5) is 47.3. The molecule has 1 atom stereocenters. The fourth-order valence-electron chi connectivity index (χ4n) is 2.28. The van der Waals surface area contributed by atoms with Gasteiger partial charge in [-0.1, -0.05) is 30.3 Å². The van der Waals surface area contributed by atoms with Crippen LogP contribution in [0.2, 0.25) is 0 Å². The van der Waals surface area contributed by atoms with E-state index >= 15 is 0 Å². The highest BCUT2D eigenvalue weighted by atomic mass is 16.6. The smallest absolute Gasteiger partial charge is 0.408 e. The van der Waals surface area contributed by atoms with Crippen molar-refractivity contribution in [3.05, 3.63) is 35.9 Å². The molecule has 0 unspecified atom stereocenters. The molecule has 0 heterocycles. The molecule has 1 aromatic carbocycles. The molecule has 2 N–H and O–H groups in total. The van der Waals surface area contributed by atoms with Crippen LogP contribution in [0.25, 0.3) is 0 Å². The van der Waals surface area contributed by atoms with Gasteiger partial charge in [-0.2, -0.15) is 0 Å². The number of hydrogen-bond acceptors (Lipinski definition) is 6. The van der Waals surface area contributed by atoms with Gasteiger partial charge in [-0.05, 0) is 26.3 Å². The molecule has 154 valence electrons. The molecule has 0 aliphatic carbocycles. The largest absolute Gasteiger partial charge is 0.469 e. The molecule has 8 nitrogen and oxygen atoms in total. The Hall–Kier alpha value is -2.90. The third-order valence-electron chi connectivity index (χ3n) is 3.56. The zero-order chi connectivity index (χ0) is 21.2. The lowest BCUT2D eigenvalue weighted by Crippen LogP contribution is -2.49. The van der Waals surface area contributed by atoms with Crippen LogP contribution in [0, 0.1) is 0 Å². The number of methoxy groups -OCH3 is 1. The fraction of sp³-hybridized carbons (Fsp3) is 0.500. The number of hydrogen-bond donors (Lipinski definition) is 2. The number of rotatable bonds is 9. The number of amides is 2. The lowest BCUT2D eigenvalue weighted by atomic mass is 10.1. The molecule has 0 fully saturated rings. The highest BCUT2D eigenvalue weighted by molar-refractivity contribution is 5.95. The van der Waals surface area contributed by atoms with Crippen molar-refractivity contribution in [1.29, 1.82) is 0 Å². The number of nitrogens with one attached hydrogen (secondary N) is 2. The number of ether oxygens (including phenoxy) is 2. The van der Waals surface area contributed by atoms with Crippen LogP contribution in [0.1, 0.15) is 39.2 Å². The molecule has 0 radical (unpaired) electrons. The van der Waals surface area contributed by atoms with Gasteiger partial charge in [-0.3, -0.25) is 14.4 Å². The third-order valence-corrected chi connectivity index (χ3v) is 3.56. The van der Waals surface area contributed by atoms with Crippen LogP contribution >= 0.6 is 0 Å². The summed E-state index contributed by atoms with van der Waals surface area (Å²) in [6.07, 6.45) is -0.783. The minimum absolute atomic E-state index is 0.00860. The van der Waals surface area contributed by atoms with Gasteiger partial charge in [0.1, 0.15) is 23.8 Å². The van der Waals surface area contributed by atoms with Crippen molar-refractivity contribution in [2.75, 3.05) is 13.7 Å². The monoisotopic (exact) mass is 392 g/mol. The summed E-state index contributed by atoms with van der Waals surface area (Å²) in [6, 6.07) is 8.35. The molecule has 1 aromatic rings. The minimum atomic E-state index is -0.868. The van der Waals surface area contributed by atoms with Crippen LogP contribution in [0.3, 0.4) is 0 Å². The standard InChI is InChI=1S/C20H28N2O6/c1-20(2,3)28-19(26)22-16(12-14-8-6-5-7-9-14)18(25)21-11-10-15(23)13-17(24)27-4/h5-9,16H,10-13H2,1-4H3,(H,21,25)(H,22,26)/t16-/m0/s1. The third kappa shape index (κ3) is 9.70. The van der Waals surface area contributed by atoms with E-state index in [9.17, 15) is 19.2 Å². The Labute approximate surface area is 165 Å². The molecule has 1 rings (SSSR count). The Morgan fingerprint density at radius 1 is 1.07 bits per heavy atom. The molecule has 0 aliphatic heterocycles. The van der Waals surface area contributed by atoms with E-state index in [1.807, 2.05) is 30.3 Å². The summed E-state index contributed by atoms with van der Waals surface area (Å²) in [7, 11) is 1.20. The Kier molecular flexibility index (Phi) is 9.14. The van der Waals surface area contributed by atoms with Crippen molar-refractivity contribution < 1.29 is 28.7 Å². The van der Waals surface area contributed by atoms with E-state index in [0.29, 0.717) is 0 Å². The summed E-state index contributed by atoms with van der Waals surface area (Å²) in [5.74, 6) is -1.41. The van der Waals surface area contributed by atoms with Crippen LogP contribution in [-0.4, -0.2) is 49.1 Å². The zero-order valence-corrected chi connectivity index (χ0v) is 16.7. The SMILES string of the molecule is COC(=O)CC(=O)CCNC(=O)[C@H](Cc1ccccc1)NC(=O)OC(C)(C)C. The number of alkyl carbamates (subject to hydrolysis) is 1. The number of carbonyl (C=O) groups is 4. The van der Waals surface area contributed by atoms with E-state index in [-0.39, 0.29) is 31.6 Å². The predicted molar refractivity (Wildman–Crippen MR) is 103 cm³/mol. The van der Waals surface area contributed by atoms with Crippen molar-refractivity contribution in [2.24, 2.45) is 0 Å². The van der Waals surface area contributed by atoms with Gasteiger partial charge in [0, 0.05) is 19.4 Å². The number of benzene rings is 1. The van der Waals surface area contributed by atoms with Gasteiger partial charge in [0.25, 0.3) is 0 Å². The van der Waals surface area contributed by atoms with Crippen molar-refractivity contribution >= 4 is 23.8 Å². The van der Waals surface area contributed by atoms with Crippen LogP contribution in [0.15, 0.2) is 30.3 Å². The summed E-state index contributed by atoms with van der Waals surface area (Å²) in [6.45, 7) is 5.24. The summed E-state index contributed by atoms with van der Waals surface area (Å²) in [5, 5.41) is 5.18. The summed E-state index contributed by atoms with van der Waals surface area (Å²) in [5.41, 5.74) is 0.165. The molecule has 28 heavy (non-hydrogen) atoms. The van der Waals surface area contributed by atoms with Gasteiger partial charge in [-0.25, -0.2) is 4.79 Å². The first-order chi connectivity index (χ1) is 13.1. The first kappa shape index (κ1) is 23.1. The number of esters is 1. The minimum Gasteiger partial charge on any atom is -0.469 e. The van der Waals surface area contributed by atoms with Crippen molar-refractivity contribution in [1.82, 2.24) is 10.6 Å². The van der Waals surface area contributed by atoms with E-state index in [4.69, 9.17) is 4.74 Å². The normalized spacial score (nSPS) is 11.9. The van der Waals surface area contributed by atoms with Gasteiger partial charge in [0.05, 0.1) is 7.11 Å². The van der Waals surface area contributed by atoms with Crippen LogP contribution in [0.5, 0.6) is 0 Å². The molecular formula is C20H28N2O6. The van der Waals surface area contributed by atoms with E-state index in [0.717, 1.165) is 5.56 Å². The number of Topliss-reactive ketones (excluding diaryl/α,β-unsaturated/α-hetero) is 1. The average Bonchev–Trinajstić information content (AvgIpc) is 2.60. The second-order valence-corrected chi connectivity index (χ2v) is 7.22. The Bertz CT molecular complexity index is 682. The molecule has 0 saturated carbocycles. The van der Waals surface area contributed by atoms with E-state index in [1.165, 1.54) is 7.11 Å². The number of ketones is 1. The maximum atomic E-state index is 12.5. The van der Waals surface area contributed by atoms with Gasteiger partial charge >= 0.3 is 12.1 Å². The fourth-order valence-corrected chi connectivity index (χ4v) is 2.28. The van der Waals surface area contributed by atoms with Crippen LogP contribution in [0.4, 0.5) is 4.79 Å². The zero-order valence-electron chi connectivity index (χ0n) is 16.7. The Morgan fingerprint density at radius 3 is 2.29 bits per heavy atom. The first-order valence-electron chi connectivity index (χ1n) is 9.00. The number of carbonyl (C=O) groups excluding carboxylic acids is 4. The first-order valence-corrected chi connectivity index (χ1v) is 9.00. The van der Waals surface area contributed by atoms with Gasteiger partial charge in [0.2, 0.25) is 5.91 Å². The predicted octanol–water partition coefficient (Wildman–Crippen LogP) is 1.76. The van der Waals surface area contributed by atoms with Crippen molar-refractivity contribution in [2.45, 2.75) is 51.7 Å². The topological polar surface area (TPSA) is 111 Å². The van der Waals surface area contributed by atoms with Crippen LogP contribution < -0.4 is 10.6 Å². The second kappa shape index (κ2) is 11.1. The van der Waals surface area contributed by atoms with E-state index < -0.39 is 29.6 Å². The maximum absolute atomic E-state index is 12.5. The van der Waals surface area contributed by atoms with Crippen LogP contribution in [-0.2, 0) is 30.3 Å². The van der Waals surface area contributed by atoms with Gasteiger partial charge in [-0.15, -0.1) is 0 Å². The molecule has 2 amide bonds.